The van der Waals surface area contributed by atoms with Crippen molar-refractivity contribution in [2.24, 2.45) is 23.2 Å². The lowest BCUT2D eigenvalue weighted by molar-refractivity contribution is 0.0258. The second-order valence-electron chi connectivity index (χ2n) is 6.28. The van der Waals surface area contributed by atoms with E-state index in [2.05, 4.69) is 20.8 Å². The van der Waals surface area contributed by atoms with E-state index in [0.29, 0.717) is 0 Å². The van der Waals surface area contributed by atoms with Gasteiger partial charge >= 0.3 is 0 Å². The quantitative estimate of drug-likeness (QED) is 0.527. The molecule has 2 saturated carbocycles. The van der Waals surface area contributed by atoms with Gasteiger partial charge in [0.15, 0.2) is 0 Å². The third-order valence-electron chi connectivity index (χ3n) is 5.22. The highest BCUT2D eigenvalue weighted by Crippen LogP contribution is 2.52. The lowest BCUT2D eigenvalue weighted by Gasteiger charge is -2.48. The van der Waals surface area contributed by atoms with Crippen molar-refractivity contribution < 1.29 is 0 Å². The van der Waals surface area contributed by atoms with Crippen LogP contribution in [0.2, 0.25) is 0 Å². The first kappa shape index (κ1) is 10.5. The summed E-state index contributed by atoms with van der Waals surface area (Å²) in [4.78, 5) is 0. The highest BCUT2D eigenvalue weighted by atomic mass is 14.5. The van der Waals surface area contributed by atoms with Crippen LogP contribution >= 0.6 is 0 Å². The summed E-state index contributed by atoms with van der Waals surface area (Å²) in [6, 6.07) is 0. The summed E-state index contributed by atoms with van der Waals surface area (Å²) in [5, 5.41) is 0. The topological polar surface area (TPSA) is 0 Å². The van der Waals surface area contributed by atoms with Gasteiger partial charge in [0, 0.05) is 0 Å². The highest BCUT2D eigenvalue weighted by Gasteiger charge is 2.41. The zero-order valence-electron chi connectivity index (χ0n) is 10.2. The van der Waals surface area contributed by atoms with Gasteiger partial charge in [-0.25, -0.2) is 0 Å². The predicted octanol–water partition coefficient (Wildman–Crippen LogP) is 4.64. The molecule has 2 rings (SSSR count). The Labute approximate surface area is 89.5 Å². The third kappa shape index (κ3) is 1.85. The van der Waals surface area contributed by atoms with E-state index in [0.717, 1.165) is 23.2 Å². The Hall–Kier alpha value is 0. The summed E-state index contributed by atoms with van der Waals surface area (Å²) < 4.78 is 0. The zero-order valence-corrected chi connectivity index (χ0v) is 10.2. The Morgan fingerprint density at radius 2 is 1.29 bits per heavy atom. The molecule has 14 heavy (non-hydrogen) atoms. The monoisotopic (exact) mass is 194 g/mol. The number of rotatable bonds is 0. The van der Waals surface area contributed by atoms with Crippen LogP contribution in [0.5, 0.6) is 0 Å². The molecule has 0 nitrogen and oxygen atoms in total. The van der Waals surface area contributed by atoms with Crippen LogP contribution in [-0.2, 0) is 0 Å². The molecule has 0 saturated heterocycles. The Balaban J connectivity index is 2.06. The fourth-order valence-electron chi connectivity index (χ4n) is 4.09. The maximum atomic E-state index is 2.48. The molecule has 2 aliphatic rings. The SMILES string of the molecule is CC1CC2(CCCCC2)CC(C)C1C. The van der Waals surface area contributed by atoms with Crippen molar-refractivity contribution in [3.8, 4) is 0 Å². The molecule has 0 aromatic heterocycles. The molecule has 0 aromatic carbocycles. The minimum Gasteiger partial charge on any atom is -0.0622 e. The van der Waals surface area contributed by atoms with Crippen LogP contribution in [0.4, 0.5) is 0 Å². The van der Waals surface area contributed by atoms with Crippen molar-refractivity contribution in [3.05, 3.63) is 0 Å². The van der Waals surface area contributed by atoms with E-state index < -0.39 is 0 Å². The summed E-state index contributed by atoms with van der Waals surface area (Å²) in [7, 11) is 0. The highest BCUT2D eigenvalue weighted by molar-refractivity contribution is 4.92. The summed E-state index contributed by atoms with van der Waals surface area (Å²) in [6.07, 6.45) is 10.6. The molecule has 2 aliphatic carbocycles. The Morgan fingerprint density at radius 1 is 0.786 bits per heavy atom. The second kappa shape index (κ2) is 3.87. The van der Waals surface area contributed by atoms with E-state index in [1.54, 1.807) is 0 Å². The van der Waals surface area contributed by atoms with Crippen molar-refractivity contribution in [3.63, 3.8) is 0 Å². The van der Waals surface area contributed by atoms with E-state index >= 15 is 0 Å². The molecule has 2 unspecified atom stereocenters. The number of hydrogen-bond acceptors (Lipinski definition) is 0. The lowest BCUT2D eigenvalue weighted by Crippen LogP contribution is -2.37. The zero-order chi connectivity index (χ0) is 10.2. The Morgan fingerprint density at radius 3 is 1.79 bits per heavy atom. The van der Waals surface area contributed by atoms with Gasteiger partial charge in [0.25, 0.3) is 0 Å². The summed E-state index contributed by atoms with van der Waals surface area (Å²) in [5.41, 5.74) is 0.781. The van der Waals surface area contributed by atoms with Crippen molar-refractivity contribution in [2.45, 2.75) is 65.7 Å². The van der Waals surface area contributed by atoms with Gasteiger partial charge in [-0.2, -0.15) is 0 Å². The van der Waals surface area contributed by atoms with E-state index in [1.807, 2.05) is 0 Å². The largest absolute Gasteiger partial charge is 0.0622 e. The molecule has 0 bridgehead atoms. The second-order valence-corrected chi connectivity index (χ2v) is 6.28. The van der Waals surface area contributed by atoms with Gasteiger partial charge in [-0.15, -0.1) is 0 Å². The first-order valence-electron chi connectivity index (χ1n) is 6.63. The maximum absolute atomic E-state index is 2.48. The summed E-state index contributed by atoms with van der Waals surface area (Å²) in [5.74, 6) is 2.90. The first-order chi connectivity index (χ1) is 6.63. The number of hydrogen-bond donors (Lipinski definition) is 0. The van der Waals surface area contributed by atoms with Crippen molar-refractivity contribution >= 4 is 0 Å². The van der Waals surface area contributed by atoms with E-state index in [4.69, 9.17) is 0 Å². The van der Waals surface area contributed by atoms with Crippen LogP contribution in [0, 0.1) is 23.2 Å². The molecule has 0 aromatic rings. The van der Waals surface area contributed by atoms with Gasteiger partial charge in [-0.1, -0.05) is 40.0 Å². The molecular formula is C14H26. The van der Waals surface area contributed by atoms with Crippen LogP contribution in [0.3, 0.4) is 0 Å². The molecule has 82 valence electrons. The summed E-state index contributed by atoms with van der Waals surface area (Å²) in [6.45, 7) is 7.43. The van der Waals surface area contributed by atoms with Gasteiger partial charge in [-0.05, 0) is 48.9 Å². The minimum absolute atomic E-state index is 0.781. The molecule has 2 atom stereocenters. The molecular weight excluding hydrogens is 168 g/mol. The van der Waals surface area contributed by atoms with Crippen molar-refractivity contribution in [1.29, 1.82) is 0 Å². The van der Waals surface area contributed by atoms with Crippen LogP contribution in [-0.4, -0.2) is 0 Å². The molecule has 0 heterocycles. The molecule has 0 heteroatoms. The van der Waals surface area contributed by atoms with Crippen molar-refractivity contribution in [2.75, 3.05) is 0 Å². The Kier molecular flexibility index (Phi) is 2.91. The van der Waals surface area contributed by atoms with Gasteiger partial charge in [-0.3, -0.25) is 0 Å². The molecule has 0 N–H and O–H groups in total. The average molecular weight is 194 g/mol. The molecule has 0 aliphatic heterocycles. The van der Waals surface area contributed by atoms with Crippen molar-refractivity contribution in [1.82, 2.24) is 0 Å². The molecule has 2 fully saturated rings. The van der Waals surface area contributed by atoms with Crippen LogP contribution in [0.15, 0.2) is 0 Å². The first-order valence-corrected chi connectivity index (χ1v) is 6.63. The van der Waals surface area contributed by atoms with Gasteiger partial charge in [0.2, 0.25) is 0 Å². The molecule has 1 spiro atoms. The fraction of sp³-hybridized carbons (Fsp3) is 1.00. The Bertz CT molecular complexity index is 174. The normalized spacial score (nSPS) is 42.6. The molecule has 0 radical (unpaired) electrons. The fourth-order valence-corrected chi connectivity index (χ4v) is 4.09. The standard InChI is InChI=1S/C14H26/c1-11-9-14(7-5-4-6-8-14)10-12(2)13(11)3/h11-13H,4-10H2,1-3H3. The van der Waals surface area contributed by atoms with E-state index in [1.165, 1.54) is 44.9 Å². The third-order valence-corrected chi connectivity index (χ3v) is 5.22. The van der Waals surface area contributed by atoms with Crippen LogP contribution in [0.25, 0.3) is 0 Å². The average Bonchev–Trinajstić information content (AvgIpc) is 2.15. The summed E-state index contributed by atoms with van der Waals surface area (Å²) >= 11 is 0. The van der Waals surface area contributed by atoms with Gasteiger partial charge < -0.3 is 0 Å². The maximum Gasteiger partial charge on any atom is -0.0292 e. The van der Waals surface area contributed by atoms with Gasteiger partial charge in [0.1, 0.15) is 0 Å². The minimum atomic E-state index is 0.781. The lowest BCUT2D eigenvalue weighted by atomic mass is 9.57. The van der Waals surface area contributed by atoms with Crippen LogP contribution in [0.1, 0.15) is 65.7 Å². The molecule has 0 amide bonds. The van der Waals surface area contributed by atoms with E-state index in [-0.39, 0.29) is 0 Å². The van der Waals surface area contributed by atoms with E-state index in [9.17, 15) is 0 Å². The predicted molar refractivity (Wildman–Crippen MR) is 62.2 cm³/mol. The van der Waals surface area contributed by atoms with Crippen LogP contribution < -0.4 is 0 Å². The smallest absolute Gasteiger partial charge is 0.0292 e. The van der Waals surface area contributed by atoms with Gasteiger partial charge in [0.05, 0.1) is 0 Å².